The quantitative estimate of drug-likeness (QED) is 0.530. The van der Waals surface area contributed by atoms with Crippen molar-refractivity contribution in [2.45, 2.75) is 26.7 Å². The second-order valence-electron chi connectivity index (χ2n) is 5.80. The third-order valence-electron chi connectivity index (χ3n) is 3.67. The van der Waals surface area contributed by atoms with Gasteiger partial charge in [0.25, 0.3) is 0 Å². The lowest BCUT2D eigenvalue weighted by Gasteiger charge is -2.26. The van der Waals surface area contributed by atoms with Crippen LogP contribution in [0.3, 0.4) is 0 Å². The van der Waals surface area contributed by atoms with Gasteiger partial charge in [-0.1, -0.05) is 18.6 Å². The number of allylic oxidation sites excluding steroid dienone is 2. The van der Waals surface area contributed by atoms with Crippen LogP contribution in [-0.2, 0) is 4.74 Å². The zero-order valence-corrected chi connectivity index (χ0v) is 12.5. The van der Waals surface area contributed by atoms with Crippen LogP contribution in [0, 0.1) is 11.8 Å². The molecule has 2 unspecified atom stereocenters. The molecule has 0 aromatic heterocycles. The Hall–Kier alpha value is -0.380. The number of ether oxygens (including phenoxy) is 1. The molecule has 0 spiro atoms. The minimum Gasteiger partial charge on any atom is -0.383 e. The van der Waals surface area contributed by atoms with Crippen molar-refractivity contribution in [2.24, 2.45) is 11.8 Å². The van der Waals surface area contributed by atoms with Crippen molar-refractivity contribution in [1.29, 1.82) is 0 Å². The summed E-state index contributed by atoms with van der Waals surface area (Å²) in [6, 6.07) is 0. The van der Waals surface area contributed by atoms with E-state index in [2.05, 4.69) is 37.2 Å². The van der Waals surface area contributed by atoms with Crippen LogP contribution in [0.25, 0.3) is 0 Å². The third-order valence-corrected chi connectivity index (χ3v) is 3.67. The number of methoxy groups -OCH3 is 1. The van der Waals surface area contributed by atoms with Crippen molar-refractivity contribution < 1.29 is 4.74 Å². The van der Waals surface area contributed by atoms with E-state index in [0.29, 0.717) is 0 Å². The van der Waals surface area contributed by atoms with E-state index in [1.807, 2.05) is 0 Å². The zero-order valence-electron chi connectivity index (χ0n) is 12.5. The molecule has 2 atom stereocenters. The van der Waals surface area contributed by atoms with Gasteiger partial charge in [-0.2, -0.15) is 0 Å². The van der Waals surface area contributed by atoms with E-state index in [4.69, 9.17) is 4.74 Å². The number of nitrogens with one attached hydrogen (secondary N) is 1. The molecule has 0 aromatic carbocycles. The summed E-state index contributed by atoms with van der Waals surface area (Å²) in [6.07, 6.45) is 5.04. The molecule has 1 aliphatic rings. The van der Waals surface area contributed by atoms with Crippen molar-refractivity contribution in [3.63, 3.8) is 0 Å². The van der Waals surface area contributed by atoms with Crippen molar-refractivity contribution in [3.8, 4) is 0 Å². The van der Waals surface area contributed by atoms with Crippen LogP contribution < -0.4 is 5.32 Å². The van der Waals surface area contributed by atoms with Crippen LogP contribution in [-0.4, -0.2) is 51.8 Å². The summed E-state index contributed by atoms with van der Waals surface area (Å²) in [4.78, 5) is 2.31. The Balaban J connectivity index is 2.06. The highest BCUT2D eigenvalue weighted by molar-refractivity contribution is 5.06. The average Bonchev–Trinajstić information content (AvgIpc) is 2.31. The van der Waals surface area contributed by atoms with E-state index in [-0.39, 0.29) is 0 Å². The van der Waals surface area contributed by atoms with Gasteiger partial charge in [0.1, 0.15) is 0 Å². The van der Waals surface area contributed by atoms with E-state index in [0.717, 1.165) is 44.6 Å². The molecule has 0 amide bonds. The lowest BCUT2D eigenvalue weighted by Crippen LogP contribution is -2.34. The Bertz CT molecular complexity index is 253. The van der Waals surface area contributed by atoms with Crippen LogP contribution in [0.15, 0.2) is 11.6 Å². The summed E-state index contributed by atoms with van der Waals surface area (Å²) in [5.74, 6) is 1.59. The Morgan fingerprint density at radius 1 is 1.44 bits per heavy atom. The molecule has 0 heterocycles. The fourth-order valence-electron chi connectivity index (χ4n) is 2.78. The summed E-state index contributed by atoms with van der Waals surface area (Å²) in [6.45, 7) is 9.76. The highest BCUT2D eigenvalue weighted by Crippen LogP contribution is 2.26. The minimum atomic E-state index is 0.759. The Kier molecular flexibility index (Phi) is 7.56. The van der Waals surface area contributed by atoms with Gasteiger partial charge in [-0.25, -0.2) is 0 Å². The maximum Gasteiger partial charge on any atom is 0.0589 e. The van der Waals surface area contributed by atoms with Crippen LogP contribution in [0.5, 0.6) is 0 Å². The first-order valence-corrected chi connectivity index (χ1v) is 7.17. The maximum absolute atomic E-state index is 5.07. The van der Waals surface area contributed by atoms with E-state index in [9.17, 15) is 0 Å². The number of rotatable bonds is 8. The first-order valence-electron chi connectivity index (χ1n) is 7.17. The molecule has 1 rings (SSSR count). The molecule has 0 bridgehead atoms. The number of hydrogen-bond donors (Lipinski definition) is 1. The van der Waals surface area contributed by atoms with Crippen LogP contribution in [0.1, 0.15) is 26.7 Å². The lowest BCUT2D eigenvalue weighted by molar-refractivity contribution is 0.161. The fourth-order valence-corrected chi connectivity index (χ4v) is 2.78. The zero-order chi connectivity index (χ0) is 13.4. The van der Waals surface area contributed by atoms with Crippen LogP contribution in [0.4, 0.5) is 0 Å². The monoisotopic (exact) mass is 254 g/mol. The molecule has 1 aliphatic carbocycles. The molecule has 0 radical (unpaired) electrons. The Labute approximate surface area is 113 Å². The Morgan fingerprint density at radius 2 is 2.22 bits per heavy atom. The summed E-state index contributed by atoms with van der Waals surface area (Å²) in [7, 11) is 3.91. The fraction of sp³-hybridized carbons (Fsp3) is 0.867. The Morgan fingerprint density at radius 3 is 2.89 bits per heavy atom. The van der Waals surface area contributed by atoms with Gasteiger partial charge in [0.05, 0.1) is 6.61 Å². The predicted molar refractivity (Wildman–Crippen MR) is 77.9 cm³/mol. The predicted octanol–water partition coefficient (Wildman–Crippen LogP) is 2.15. The smallest absolute Gasteiger partial charge is 0.0589 e. The standard InChI is InChI=1S/C15H30N2O/c1-13-9-14(2)11-15(10-13)12-16-5-6-17(3)7-8-18-4/h9,13,15-16H,5-8,10-12H2,1-4H3. The van der Waals surface area contributed by atoms with Gasteiger partial charge >= 0.3 is 0 Å². The molecule has 0 aromatic rings. The van der Waals surface area contributed by atoms with Gasteiger partial charge in [0.2, 0.25) is 0 Å². The lowest BCUT2D eigenvalue weighted by atomic mass is 9.84. The molecule has 0 fully saturated rings. The first-order chi connectivity index (χ1) is 8.61. The van der Waals surface area contributed by atoms with Crippen molar-refractivity contribution in [1.82, 2.24) is 10.2 Å². The number of hydrogen-bond acceptors (Lipinski definition) is 3. The first kappa shape index (κ1) is 15.7. The summed E-state index contributed by atoms with van der Waals surface area (Å²) < 4.78 is 5.07. The third kappa shape index (κ3) is 6.53. The van der Waals surface area contributed by atoms with Gasteiger partial charge in [-0.05, 0) is 45.2 Å². The molecule has 1 N–H and O–H groups in total. The second-order valence-corrected chi connectivity index (χ2v) is 5.80. The summed E-state index contributed by atoms with van der Waals surface area (Å²) in [5.41, 5.74) is 1.57. The largest absolute Gasteiger partial charge is 0.383 e. The molecule has 3 nitrogen and oxygen atoms in total. The van der Waals surface area contributed by atoms with E-state index < -0.39 is 0 Å². The molecular formula is C15H30N2O. The second kappa shape index (κ2) is 8.68. The SMILES string of the molecule is COCCN(C)CCNCC1CC(C)=CC(C)C1. The highest BCUT2D eigenvalue weighted by Gasteiger charge is 2.17. The topological polar surface area (TPSA) is 24.5 Å². The minimum absolute atomic E-state index is 0.759. The van der Waals surface area contributed by atoms with E-state index in [1.54, 1.807) is 12.7 Å². The van der Waals surface area contributed by atoms with Crippen molar-refractivity contribution >= 4 is 0 Å². The van der Waals surface area contributed by atoms with Gasteiger partial charge in [-0.15, -0.1) is 0 Å². The van der Waals surface area contributed by atoms with E-state index in [1.165, 1.54) is 12.8 Å². The maximum atomic E-state index is 5.07. The molecule has 0 saturated carbocycles. The number of likely N-dealkylation sites (N-methyl/N-ethyl adjacent to an activating group) is 1. The average molecular weight is 254 g/mol. The van der Waals surface area contributed by atoms with Crippen LogP contribution in [0.2, 0.25) is 0 Å². The molecular weight excluding hydrogens is 224 g/mol. The molecule has 18 heavy (non-hydrogen) atoms. The van der Waals surface area contributed by atoms with Gasteiger partial charge in [0, 0.05) is 26.7 Å². The number of nitrogens with zero attached hydrogens (tertiary/aromatic N) is 1. The normalized spacial score (nSPS) is 24.4. The van der Waals surface area contributed by atoms with Crippen molar-refractivity contribution in [3.05, 3.63) is 11.6 Å². The molecule has 3 heteroatoms. The molecule has 0 aliphatic heterocycles. The highest BCUT2D eigenvalue weighted by atomic mass is 16.5. The summed E-state index contributed by atoms with van der Waals surface area (Å²) in [5, 5.41) is 3.59. The molecule has 106 valence electrons. The van der Waals surface area contributed by atoms with Crippen LogP contribution >= 0.6 is 0 Å². The molecule has 0 saturated heterocycles. The van der Waals surface area contributed by atoms with Crippen molar-refractivity contribution in [2.75, 3.05) is 46.9 Å². The van der Waals surface area contributed by atoms with Gasteiger partial charge in [-0.3, -0.25) is 0 Å². The van der Waals surface area contributed by atoms with Gasteiger partial charge in [0.15, 0.2) is 0 Å². The summed E-state index contributed by atoms with van der Waals surface area (Å²) >= 11 is 0. The van der Waals surface area contributed by atoms with Gasteiger partial charge < -0.3 is 15.0 Å². The van der Waals surface area contributed by atoms with E-state index >= 15 is 0 Å².